The highest BCUT2D eigenvalue weighted by Crippen LogP contribution is 2.02. The number of nitrogens with zero attached hydrogens (tertiary/aromatic N) is 2. The fourth-order valence-corrected chi connectivity index (χ4v) is 0.890. The number of rotatable bonds is 1. The summed E-state index contributed by atoms with van der Waals surface area (Å²) in [5.74, 6) is -1.15. The van der Waals surface area contributed by atoms with E-state index >= 15 is 0 Å². The van der Waals surface area contributed by atoms with Crippen LogP contribution in [-0.4, -0.2) is 33.9 Å². The second-order valence-electron chi connectivity index (χ2n) is 2.44. The minimum Gasteiger partial charge on any atom is -0.476 e. The molecule has 1 rings (SSSR count). The number of carbonyl (C=O) groups is 2. The smallest absolute Gasteiger partial charge is 0.356 e. The first-order valence-electron chi connectivity index (χ1n) is 3.58. The zero-order valence-corrected chi connectivity index (χ0v) is 7.24. The Bertz CT molecular complexity index is 356. The summed E-state index contributed by atoms with van der Waals surface area (Å²) >= 11 is 0. The first-order valence-corrected chi connectivity index (χ1v) is 3.58. The van der Waals surface area contributed by atoms with Gasteiger partial charge in [0.05, 0.1) is 0 Å². The summed E-state index contributed by atoms with van der Waals surface area (Å²) < 4.78 is 1.00. The minimum absolute atomic E-state index is 0.138. The van der Waals surface area contributed by atoms with Gasteiger partial charge in [-0.3, -0.25) is 0 Å². The number of aromatic nitrogens is 2. The van der Waals surface area contributed by atoms with Crippen molar-refractivity contribution in [1.29, 1.82) is 0 Å². The third kappa shape index (κ3) is 1.66. The van der Waals surface area contributed by atoms with E-state index in [0.29, 0.717) is 5.69 Å². The molecule has 0 unspecified atom stereocenters. The zero-order chi connectivity index (χ0) is 10.0. The molecule has 0 bridgehead atoms. The highest BCUT2D eigenvalue weighted by atomic mass is 16.4. The monoisotopic (exact) mass is 183 g/mol. The van der Waals surface area contributed by atoms with Crippen molar-refractivity contribution in [1.82, 2.24) is 15.1 Å². The van der Waals surface area contributed by atoms with Crippen molar-refractivity contribution in [2.24, 2.45) is 0 Å². The van der Waals surface area contributed by atoms with Crippen molar-refractivity contribution in [3.63, 3.8) is 0 Å². The van der Waals surface area contributed by atoms with Gasteiger partial charge >= 0.3 is 12.0 Å². The van der Waals surface area contributed by atoms with Crippen LogP contribution >= 0.6 is 0 Å². The Kier molecular flexibility index (Phi) is 2.32. The molecule has 1 aromatic rings. The SMILES string of the molecule is CNC(=O)n1nc(C(=O)O)cc1C. The van der Waals surface area contributed by atoms with Gasteiger partial charge in [-0.25, -0.2) is 9.59 Å². The lowest BCUT2D eigenvalue weighted by molar-refractivity contribution is 0.0690. The highest BCUT2D eigenvalue weighted by Gasteiger charge is 2.13. The van der Waals surface area contributed by atoms with Crippen LogP contribution in [0.15, 0.2) is 6.07 Å². The second-order valence-corrected chi connectivity index (χ2v) is 2.44. The summed E-state index contributed by atoms with van der Waals surface area (Å²) in [7, 11) is 1.45. The van der Waals surface area contributed by atoms with Crippen LogP contribution in [0.4, 0.5) is 4.79 Å². The van der Waals surface area contributed by atoms with Crippen molar-refractivity contribution in [2.75, 3.05) is 7.05 Å². The lowest BCUT2D eigenvalue weighted by Gasteiger charge is -1.99. The standard InChI is InChI=1S/C7H9N3O3/c1-4-3-5(6(11)12)9-10(4)7(13)8-2/h3H,1-2H3,(H,8,13)(H,11,12). The predicted molar refractivity (Wildman–Crippen MR) is 43.8 cm³/mol. The van der Waals surface area contributed by atoms with Gasteiger partial charge in [-0.05, 0) is 13.0 Å². The molecule has 0 radical (unpaired) electrons. The number of carboxylic acid groups (broad SMARTS) is 1. The van der Waals surface area contributed by atoms with Crippen LogP contribution in [0.2, 0.25) is 0 Å². The average Bonchev–Trinajstić information content (AvgIpc) is 2.46. The van der Waals surface area contributed by atoms with E-state index in [-0.39, 0.29) is 5.69 Å². The Labute approximate surface area is 74.2 Å². The van der Waals surface area contributed by atoms with Crippen molar-refractivity contribution >= 4 is 12.0 Å². The van der Waals surface area contributed by atoms with Gasteiger partial charge in [0.1, 0.15) is 0 Å². The maximum absolute atomic E-state index is 11.1. The molecular formula is C7H9N3O3. The minimum atomic E-state index is -1.15. The fraction of sp³-hybridized carbons (Fsp3) is 0.286. The van der Waals surface area contributed by atoms with E-state index in [9.17, 15) is 9.59 Å². The fourth-order valence-electron chi connectivity index (χ4n) is 0.890. The van der Waals surface area contributed by atoms with Crippen LogP contribution in [0.1, 0.15) is 16.2 Å². The van der Waals surface area contributed by atoms with Crippen molar-refractivity contribution < 1.29 is 14.7 Å². The van der Waals surface area contributed by atoms with Crippen LogP contribution < -0.4 is 5.32 Å². The molecule has 1 heterocycles. The maximum atomic E-state index is 11.1. The summed E-state index contributed by atoms with van der Waals surface area (Å²) in [6, 6.07) is 0.877. The Hall–Kier alpha value is -1.85. The normalized spacial score (nSPS) is 9.69. The summed E-state index contributed by atoms with van der Waals surface area (Å²) in [5.41, 5.74) is 0.345. The number of aromatic carboxylic acids is 1. The van der Waals surface area contributed by atoms with Crippen molar-refractivity contribution in [3.05, 3.63) is 17.5 Å². The Morgan fingerprint density at radius 3 is 2.62 bits per heavy atom. The molecular weight excluding hydrogens is 174 g/mol. The van der Waals surface area contributed by atoms with Gasteiger partial charge in [-0.2, -0.15) is 9.78 Å². The molecule has 6 nitrogen and oxygen atoms in total. The van der Waals surface area contributed by atoms with Crippen LogP contribution in [-0.2, 0) is 0 Å². The van der Waals surface area contributed by atoms with Crippen LogP contribution in [0, 0.1) is 6.92 Å². The van der Waals surface area contributed by atoms with Crippen LogP contribution in [0.3, 0.4) is 0 Å². The molecule has 1 amide bonds. The number of carboxylic acids is 1. The largest absolute Gasteiger partial charge is 0.476 e. The van der Waals surface area contributed by atoms with Gasteiger partial charge in [0.2, 0.25) is 0 Å². The quantitative estimate of drug-likeness (QED) is 0.645. The van der Waals surface area contributed by atoms with Crippen molar-refractivity contribution in [3.8, 4) is 0 Å². The molecule has 1 aromatic heterocycles. The molecule has 0 aliphatic carbocycles. The van der Waals surface area contributed by atoms with E-state index in [1.54, 1.807) is 6.92 Å². The Morgan fingerprint density at radius 2 is 2.23 bits per heavy atom. The first kappa shape index (κ1) is 9.24. The molecule has 0 atom stereocenters. The summed E-state index contributed by atoms with van der Waals surface area (Å²) in [5, 5.41) is 14.5. The third-order valence-electron chi connectivity index (χ3n) is 1.51. The predicted octanol–water partition coefficient (Wildman–Crippen LogP) is 0.0772. The maximum Gasteiger partial charge on any atom is 0.356 e. The van der Waals surface area contributed by atoms with E-state index < -0.39 is 12.0 Å². The molecule has 70 valence electrons. The average molecular weight is 183 g/mol. The number of hydrogen-bond acceptors (Lipinski definition) is 3. The second kappa shape index (κ2) is 3.26. The highest BCUT2D eigenvalue weighted by molar-refractivity contribution is 5.86. The van der Waals surface area contributed by atoms with Gasteiger partial charge in [0.15, 0.2) is 5.69 Å². The summed E-state index contributed by atoms with van der Waals surface area (Å²) in [4.78, 5) is 21.5. The van der Waals surface area contributed by atoms with Gasteiger partial charge < -0.3 is 10.4 Å². The Balaban J connectivity index is 3.10. The lowest BCUT2D eigenvalue weighted by atomic mass is 10.4. The first-order chi connectivity index (χ1) is 6.06. The van der Waals surface area contributed by atoms with Crippen LogP contribution in [0.5, 0.6) is 0 Å². The molecule has 2 N–H and O–H groups in total. The molecule has 6 heteroatoms. The van der Waals surface area contributed by atoms with Crippen molar-refractivity contribution in [2.45, 2.75) is 6.92 Å². The number of carbonyl (C=O) groups excluding carboxylic acids is 1. The van der Waals surface area contributed by atoms with Gasteiger partial charge in [-0.1, -0.05) is 0 Å². The van der Waals surface area contributed by atoms with Crippen LogP contribution in [0.25, 0.3) is 0 Å². The third-order valence-corrected chi connectivity index (χ3v) is 1.51. The molecule has 0 fully saturated rings. The van der Waals surface area contributed by atoms with E-state index in [0.717, 1.165) is 4.68 Å². The van der Waals surface area contributed by atoms with E-state index in [1.807, 2.05) is 0 Å². The van der Waals surface area contributed by atoms with Gasteiger partial charge in [0, 0.05) is 12.7 Å². The lowest BCUT2D eigenvalue weighted by Crippen LogP contribution is -2.26. The number of nitrogens with one attached hydrogen (secondary N) is 1. The summed E-state index contributed by atoms with van der Waals surface area (Å²) in [6.07, 6.45) is 0. The molecule has 0 aromatic carbocycles. The molecule has 0 spiro atoms. The van der Waals surface area contributed by atoms with Gasteiger partial charge in [-0.15, -0.1) is 0 Å². The van der Waals surface area contributed by atoms with E-state index in [1.165, 1.54) is 13.1 Å². The van der Waals surface area contributed by atoms with Gasteiger partial charge in [0.25, 0.3) is 0 Å². The molecule has 0 aliphatic rings. The topological polar surface area (TPSA) is 84.2 Å². The van der Waals surface area contributed by atoms with E-state index in [4.69, 9.17) is 5.11 Å². The molecule has 0 saturated heterocycles. The molecule has 13 heavy (non-hydrogen) atoms. The number of hydrogen-bond donors (Lipinski definition) is 2. The Morgan fingerprint density at radius 1 is 1.62 bits per heavy atom. The number of aryl methyl sites for hydroxylation is 1. The number of amides is 1. The summed E-state index contributed by atoms with van der Waals surface area (Å²) in [6.45, 7) is 1.61. The zero-order valence-electron chi connectivity index (χ0n) is 7.24. The van der Waals surface area contributed by atoms with E-state index in [2.05, 4.69) is 10.4 Å². The molecule has 0 aliphatic heterocycles. The molecule has 0 saturated carbocycles.